The van der Waals surface area contributed by atoms with E-state index in [-0.39, 0.29) is 5.25 Å². The predicted octanol–water partition coefficient (Wildman–Crippen LogP) is 0.481. The lowest BCUT2D eigenvalue weighted by Crippen LogP contribution is -2.17. The Hall–Kier alpha value is -1.76. The first-order chi connectivity index (χ1) is 8.18. The Morgan fingerprint density at radius 1 is 1.41 bits per heavy atom. The van der Waals surface area contributed by atoms with Gasteiger partial charge in [0.2, 0.25) is 0 Å². The van der Waals surface area contributed by atoms with Crippen LogP contribution in [0.1, 0.15) is 12.8 Å². The van der Waals surface area contributed by atoms with Crippen LogP contribution in [-0.4, -0.2) is 32.8 Å². The van der Waals surface area contributed by atoms with Gasteiger partial charge in [-0.15, -0.1) is 0 Å². The largest absolute Gasteiger partial charge is 0.256 e. The van der Waals surface area contributed by atoms with Crippen molar-refractivity contribution in [2.75, 3.05) is 0 Å². The molecule has 0 unspecified atom stereocenters. The Kier molecular flexibility index (Phi) is 2.22. The molecule has 7 heteroatoms. The average Bonchev–Trinajstić information content (AvgIpc) is 3.08. The quantitative estimate of drug-likeness (QED) is 0.790. The second-order valence-corrected chi connectivity index (χ2v) is 5.93. The van der Waals surface area contributed by atoms with E-state index >= 15 is 0 Å². The summed E-state index contributed by atoms with van der Waals surface area (Å²) in [6.07, 6.45) is 8.51. The van der Waals surface area contributed by atoms with Crippen LogP contribution in [0.25, 0.3) is 11.4 Å². The van der Waals surface area contributed by atoms with Gasteiger partial charge < -0.3 is 0 Å². The van der Waals surface area contributed by atoms with Crippen molar-refractivity contribution in [2.24, 2.45) is 0 Å². The second-order valence-electron chi connectivity index (χ2n) is 3.86. The minimum atomic E-state index is -3.31. The van der Waals surface area contributed by atoms with Gasteiger partial charge in [-0.05, 0) is 18.9 Å². The van der Waals surface area contributed by atoms with Gasteiger partial charge >= 0.3 is 0 Å². The molecule has 3 rings (SSSR count). The first kappa shape index (κ1) is 10.4. The van der Waals surface area contributed by atoms with E-state index in [1.165, 1.54) is 12.4 Å². The summed E-state index contributed by atoms with van der Waals surface area (Å²) < 4.78 is 24.8. The van der Waals surface area contributed by atoms with E-state index in [0.717, 1.165) is 4.09 Å². The molecule has 1 radical (unpaired) electrons. The summed E-state index contributed by atoms with van der Waals surface area (Å²) in [6, 6.07) is 1.58. The molecule has 0 spiro atoms. The van der Waals surface area contributed by atoms with Gasteiger partial charge in [-0.3, -0.25) is 0 Å². The first-order valence-corrected chi connectivity index (χ1v) is 6.67. The van der Waals surface area contributed by atoms with Crippen LogP contribution in [0.15, 0.2) is 24.7 Å². The minimum absolute atomic E-state index is 0.279. The van der Waals surface area contributed by atoms with Crippen LogP contribution < -0.4 is 0 Å². The molecule has 17 heavy (non-hydrogen) atoms. The maximum Gasteiger partial charge on any atom is 0.256 e. The van der Waals surface area contributed by atoms with Crippen molar-refractivity contribution < 1.29 is 8.42 Å². The Balaban J connectivity index is 1.99. The van der Waals surface area contributed by atoms with Gasteiger partial charge in [0.1, 0.15) is 0 Å². The Bertz CT molecular complexity index is 631. The second kappa shape index (κ2) is 3.63. The molecule has 1 saturated carbocycles. The number of hydrogen-bond acceptors (Lipinski definition) is 5. The molecule has 0 aliphatic heterocycles. The van der Waals surface area contributed by atoms with Crippen LogP contribution >= 0.6 is 0 Å². The fraction of sp³-hybridized carbons (Fsp3) is 0.300. The van der Waals surface area contributed by atoms with Gasteiger partial charge in [-0.25, -0.2) is 18.4 Å². The molecular formula is C10H9N4O2S. The van der Waals surface area contributed by atoms with E-state index < -0.39 is 10.0 Å². The van der Waals surface area contributed by atoms with Crippen molar-refractivity contribution in [1.29, 1.82) is 0 Å². The molecular weight excluding hydrogens is 240 g/mol. The van der Waals surface area contributed by atoms with E-state index in [1.54, 1.807) is 12.3 Å². The standard InChI is InChI=1S/C10H9N4O2S/c15-17(16,9-2-3-9)14-7-8(6-13-14)10-11-4-1-5-12-10/h1,4,6-7,9H,2-3H2. The van der Waals surface area contributed by atoms with Crippen molar-refractivity contribution in [3.05, 3.63) is 30.9 Å². The van der Waals surface area contributed by atoms with Crippen LogP contribution in [0, 0.1) is 6.20 Å². The molecule has 6 nitrogen and oxygen atoms in total. The van der Waals surface area contributed by atoms with E-state index in [9.17, 15) is 8.42 Å². The van der Waals surface area contributed by atoms with Crippen LogP contribution in [0.3, 0.4) is 0 Å². The van der Waals surface area contributed by atoms with E-state index in [1.807, 2.05) is 0 Å². The third-order valence-electron chi connectivity index (χ3n) is 2.54. The molecule has 0 amide bonds. The average molecular weight is 249 g/mol. The van der Waals surface area contributed by atoms with Gasteiger partial charge in [0.05, 0.1) is 29.4 Å². The summed E-state index contributed by atoms with van der Waals surface area (Å²) in [5.41, 5.74) is 0.575. The number of hydrogen-bond donors (Lipinski definition) is 0. The third kappa shape index (κ3) is 1.82. The highest BCUT2D eigenvalue weighted by molar-refractivity contribution is 7.90. The molecule has 0 aromatic carbocycles. The number of nitrogens with zero attached hydrogens (tertiary/aromatic N) is 4. The van der Waals surface area contributed by atoms with Gasteiger partial charge in [0.15, 0.2) is 5.82 Å². The fourth-order valence-corrected chi connectivity index (χ4v) is 2.96. The summed E-state index contributed by atoms with van der Waals surface area (Å²) in [5.74, 6) is 0.421. The Morgan fingerprint density at radius 3 is 2.88 bits per heavy atom. The van der Waals surface area contributed by atoms with Gasteiger partial charge in [0.25, 0.3) is 10.0 Å². The maximum absolute atomic E-state index is 11.9. The molecule has 87 valence electrons. The summed E-state index contributed by atoms with van der Waals surface area (Å²) in [7, 11) is -3.31. The first-order valence-electron chi connectivity index (χ1n) is 5.16. The molecule has 1 fully saturated rings. The van der Waals surface area contributed by atoms with E-state index in [2.05, 4.69) is 21.3 Å². The van der Waals surface area contributed by atoms with Crippen molar-refractivity contribution >= 4 is 10.0 Å². The molecule has 0 saturated heterocycles. The lowest BCUT2D eigenvalue weighted by atomic mass is 10.3. The molecule has 2 aromatic heterocycles. The lowest BCUT2D eigenvalue weighted by molar-refractivity contribution is 0.578. The minimum Gasteiger partial charge on any atom is -0.236 e. The third-order valence-corrected chi connectivity index (χ3v) is 4.58. The van der Waals surface area contributed by atoms with Gasteiger partial charge in [-0.2, -0.15) is 9.19 Å². The zero-order chi connectivity index (χ0) is 11.9. The topological polar surface area (TPSA) is 77.7 Å². The highest BCUT2D eigenvalue weighted by atomic mass is 32.2. The predicted molar refractivity (Wildman–Crippen MR) is 59.4 cm³/mol. The van der Waals surface area contributed by atoms with Crippen molar-refractivity contribution in [3.63, 3.8) is 0 Å². The molecule has 2 aromatic rings. The molecule has 1 aliphatic rings. The van der Waals surface area contributed by atoms with Crippen molar-refractivity contribution in [3.8, 4) is 11.4 Å². The van der Waals surface area contributed by atoms with Crippen molar-refractivity contribution in [1.82, 2.24) is 19.2 Å². The lowest BCUT2D eigenvalue weighted by Gasteiger charge is -2.00. The van der Waals surface area contributed by atoms with Crippen LogP contribution in [0.5, 0.6) is 0 Å². The van der Waals surface area contributed by atoms with E-state index in [0.29, 0.717) is 24.2 Å². The Labute approximate surface area is 98.4 Å². The maximum atomic E-state index is 11.9. The fourth-order valence-electron chi connectivity index (χ4n) is 1.49. The summed E-state index contributed by atoms with van der Waals surface area (Å²) >= 11 is 0. The highest BCUT2D eigenvalue weighted by Crippen LogP contribution is 2.30. The van der Waals surface area contributed by atoms with Crippen LogP contribution in [0.2, 0.25) is 0 Å². The monoisotopic (exact) mass is 249 g/mol. The number of aromatic nitrogens is 4. The summed E-state index contributed by atoms with van der Waals surface area (Å²) in [5, 5.41) is 3.58. The van der Waals surface area contributed by atoms with E-state index in [4.69, 9.17) is 0 Å². The molecule has 2 heterocycles. The zero-order valence-corrected chi connectivity index (χ0v) is 9.63. The zero-order valence-electron chi connectivity index (χ0n) is 8.81. The van der Waals surface area contributed by atoms with Gasteiger partial charge in [-0.1, -0.05) is 0 Å². The molecule has 0 N–H and O–H groups in total. The smallest absolute Gasteiger partial charge is 0.236 e. The number of rotatable bonds is 3. The molecule has 0 atom stereocenters. The van der Waals surface area contributed by atoms with Crippen molar-refractivity contribution in [2.45, 2.75) is 18.1 Å². The SMILES string of the molecule is O=S(=O)(C1CC1)n1cc(-c2n[c]ccn2)cn1. The summed E-state index contributed by atoms with van der Waals surface area (Å²) in [4.78, 5) is 7.93. The molecule has 0 bridgehead atoms. The molecule has 1 aliphatic carbocycles. The van der Waals surface area contributed by atoms with Crippen LogP contribution in [-0.2, 0) is 10.0 Å². The van der Waals surface area contributed by atoms with Crippen LogP contribution in [0.4, 0.5) is 0 Å². The Morgan fingerprint density at radius 2 is 2.24 bits per heavy atom. The highest BCUT2D eigenvalue weighted by Gasteiger charge is 2.37. The van der Waals surface area contributed by atoms with Gasteiger partial charge in [0, 0.05) is 6.20 Å². The normalized spacial score (nSPS) is 16.0. The summed E-state index contributed by atoms with van der Waals surface area (Å²) in [6.45, 7) is 0.